The fraction of sp³-hybridized carbons (Fsp3) is 0.333. The van der Waals surface area contributed by atoms with Crippen molar-refractivity contribution < 1.29 is 14.4 Å². The monoisotopic (exact) mass is 448 g/mol. The van der Waals surface area contributed by atoms with Gasteiger partial charge >= 0.3 is 6.03 Å². The van der Waals surface area contributed by atoms with Gasteiger partial charge in [0.25, 0.3) is 5.91 Å². The maximum absolute atomic E-state index is 13.0. The zero-order valence-corrected chi connectivity index (χ0v) is 18.6. The van der Waals surface area contributed by atoms with Gasteiger partial charge in [0.05, 0.1) is 15.2 Å². The second kappa shape index (κ2) is 8.02. The predicted molar refractivity (Wildman–Crippen MR) is 122 cm³/mol. The topological polar surface area (TPSA) is 82.6 Å². The lowest BCUT2D eigenvalue weighted by molar-refractivity contribution is -0.139. The SMILES string of the molecule is C[C@@]1(c2ccccc2)NC(=O)N(CC(=O)N2CCC(c3nc4ccccc4s3)CC2)C1=O. The molecule has 4 amide bonds. The minimum Gasteiger partial charge on any atom is -0.341 e. The third kappa shape index (κ3) is 3.54. The Morgan fingerprint density at radius 2 is 1.78 bits per heavy atom. The van der Waals surface area contributed by atoms with Crippen molar-refractivity contribution >= 4 is 39.4 Å². The standard InChI is InChI=1S/C24H24N4O3S/c1-24(17-7-3-2-4-8-17)22(30)28(23(31)26-24)15-20(29)27-13-11-16(12-14-27)21-25-18-9-5-6-10-19(18)32-21/h2-10,16H,11-15H2,1H3,(H,26,31)/t24-/m0/s1. The maximum Gasteiger partial charge on any atom is 0.325 e. The Labute approximate surface area is 190 Å². The van der Waals surface area contributed by atoms with E-state index in [-0.39, 0.29) is 12.5 Å². The Balaban J connectivity index is 1.22. The van der Waals surface area contributed by atoms with Gasteiger partial charge in [-0.2, -0.15) is 0 Å². The van der Waals surface area contributed by atoms with Gasteiger partial charge < -0.3 is 10.2 Å². The number of thiazole rings is 1. The molecule has 3 heterocycles. The first-order chi connectivity index (χ1) is 15.5. The van der Waals surface area contributed by atoms with Crippen LogP contribution >= 0.6 is 11.3 Å². The number of hydrogen-bond donors (Lipinski definition) is 1. The van der Waals surface area contributed by atoms with Crippen molar-refractivity contribution in [2.24, 2.45) is 0 Å². The number of carbonyl (C=O) groups excluding carboxylic acids is 3. The second-order valence-electron chi connectivity index (χ2n) is 8.49. The quantitative estimate of drug-likeness (QED) is 0.620. The lowest BCUT2D eigenvalue weighted by atomic mass is 9.92. The van der Waals surface area contributed by atoms with Crippen LogP contribution in [0.5, 0.6) is 0 Å². The van der Waals surface area contributed by atoms with Crippen LogP contribution in [0, 0.1) is 0 Å². The maximum atomic E-state index is 13.0. The summed E-state index contributed by atoms with van der Waals surface area (Å²) in [6, 6.07) is 16.7. The molecule has 164 valence electrons. The molecule has 2 aliphatic rings. The van der Waals surface area contributed by atoms with E-state index in [4.69, 9.17) is 4.98 Å². The molecule has 5 rings (SSSR count). The van der Waals surface area contributed by atoms with E-state index in [0.29, 0.717) is 24.6 Å². The van der Waals surface area contributed by atoms with E-state index in [1.54, 1.807) is 35.3 Å². The molecule has 2 fully saturated rings. The molecule has 2 saturated heterocycles. The molecule has 0 saturated carbocycles. The summed E-state index contributed by atoms with van der Waals surface area (Å²) in [5.74, 6) is -0.269. The number of amides is 4. The van der Waals surface area contributed by atoms with E-state index in [1.165, 1.54) is 4.70 Å². The number of benzene rings is 2. The summed E-state index contributed by atoms with van der Waals surface area (Å²) in [6.07, 6.45) is 1.65. The predicted octanol–water partition coefficient (Wildman–Crippen LogP) is 3.47. The van der Waals surface area contributed by atoms with Gasteiger partial charge in [-0.25, -0.2) is 9.78 Å². The molecule has 32 heavy (non-hydrogen) atoms. The van der Waals surface area contributed by atoms with Gasteiger partial charge in [0.1, 0.15) is 12.1 Å². The number of aromatic nitrogens is 1. The van der Waals surface area contributed by atoms with E-state index in [1.807, 2.05) is 36.4 Å². The van der Waals surface area contributed by atoms with Crippen LogP contribution in [0.2, 0.25) is 0 Å². The van der Waals surface area contributed by atoms with E-state index in [2.05, 4.69) is 11.4 Å². The van der Waals surface area contributed by atoms with Crippen LogP contribution in [0.15, 0.2) is 54.6 Å². The summed E-state index contributed by atoms with van der Waals surface area (Å²) < 4.78 is 1.18. The third-order valence-corrected chi connectivity index (χ3v) is 7.63. The highest BCUT2D eigenvalue weighted by atomic mass is 32.1. The molecular formula is C24H24N4O3S. The van der Waals surface area contributed by atoms with Crippen LogP contribution < -0.4 is 5.32 Å². The highest BCUT2D eigenvalue weighted by Crippen LogP contribution is 2.34. The Kier molecular flexibility index (Phi) is 5.17. The number of rotatable bonds is 4. The van der Waals surface area contributed by atoms with Crippen molar-refractivity contribution in [3.63, 3.8) is 0 Å². The Hall–Kier alpha value is -3.26. The van der Waals surface area contributed by atoms with Gasteiger partial charge in [-0.3, -0.25) is 14.5 Å². The zero-order valence-electron chi connectivity index (χ0n) is 17.8. The van der Waals surface area contributed by atoms with E-state index in [0.717, 1.165) is 28.3 Å². The minimum atomic E-state index is -1.15. The molecule has 1 aromatic heterocycles. The molecule has 0 bridgehead atoms. The van der Waals surface area contributed by atoms with Crippen LogP contribution in [0.1, 0.15) is 36.3 Å². The number of hydrogen-bond acceptors (Lipinski definition) is 5. The number of para-hydroxylation sites is 1. The first-order valence-electron chi connectivity index (χ1n) is 10.8. The Bertz CT molecular complexity index is 1150. The number of fused-ring (bicyclic) bond motifs is 1. The molecule has 8 heteroatoms. The molecule has 1 N–H and O–H groups in total. The molecule has 2 aromatic carbocycles. The largest absolute Gasteiger partial charge is 0.341 e. The lowest BCUT2D eigenvalue weighted by Gasteiger charge is -2.32. The number of likely N-dealkylation sites (tertiary alicyclic amines) is 1. The molecule has 0 unspecified atom stereocenters. The third-order valence-electron chi connectivity index (χ3n) is 6.43. The number of urea groups is 1. The summed E-state index contributed by atoms with van der Waals surface area (Å²) in [5, 5.41) is 3.87. The van der Waals surface area contributed by atoms with Crippen molar-refractivity contribution in [1.29, 1.82) is 0 Å². The summed E-state index contributed by atoms with van der Waals surface area (Å²) in [6.45, 7) is 2.63. The number of carbonyl (C=O) groups is 3. The average molecular weight is 449 g/mol. The van der Waals surface area contributed by atoms with Crippen molar-refractivity contribution in [1.82, 2.24) is 20.1 Å². The molecule has 3 aromatic rings. The molecular weight excluding hydrogens is 424 g/mol. The Morgan fingerprint density at radius 1 is 1.09 bits per heavy atom. The summed E-state index contributed by atoms with van der Waals surface area (Å²) >= 11 is 1.72. The fourth-order valence-electron chi connectivity index (χ4n) is 4.48. The smallest absolute Gasteiger partial charge is 0.325 e. The second-order valence-corrected chi connectivity index (χ2v) is 9.55. The lowest BCUT2D eigenvalue weighted by Crippen LogP contribution is -2.46. The minimum absolute atomic E-state index is 0.200. The molecule has 0 spiro atoms. The van der Waals surface area contributed by atoms with Crippen molar-refractivity contribution in [3.05, 3.63) is 65.2 Å². The van der Waals surface area contributed by atoms with Gasteiger partial charge in [0, 0.05) is 19.0 Å². The van der Waals surface area contributed by atoms with Crippen LogP contribution in [0.3, 0.4) is 0 Å². The highest BCUT2D eigenvalue weighted by Gasteiger charge is 2.49. The first kappa shape index (κ1) is 20.6. The van der Waals surface area contributed by atoms with E-state index >= 15 is 0 Å². The van der Waals surface area contributed by atoms with Crippen LogP contribution in [-0.2, 0) is 15.1 Å². The zero-order chi connectivity index (χ0) is 22.3. The van der Waals surface area contributed by atoms with Crippen molar-refractivity contribution in [2.45, 2.75) is 31.2 Å². The van der Waals surface area contributed by atoms with Crippen LogP contribution in [0.25, 0.3) is 10.2 Å². The van der Waals surface area contributed by atoms with Gasteiger partial charge in [-0.05, 0) is 37.5 Å². The number of nitrogens with one attached hydrogen (secondary N) is 1. The van der Waals surface area contributed by atoms with Crippen molar-refractivity contribution in [2.75, 3.05) is 19.6 Å². The fourth-order valence-corrected chi connectivity index (χ4v) is 5.62. The summed E-state index contributed by atoms with van der Waals surface area (Å²) in [5.41, 5.74) is 0.564. The summed E-state index contributed by atoms with van der Waals surface area (Å²) in [4.78, 5) is 46.0. The molecule has 7 nitrogen and oxygen atoms in total. The van der Waals surface area contributed by atoms with Crippen LogP contribution in [0.4, 0.5) is 4.79 Å². The Morgan fingerprint density at radius 3 is 2.50 bits per heavy atom. The average Bonchev–Trinajstić information content (AvgIpc) is 3.35. The molecule has 0 aliphatic carbocycles. The van der Waals surface area contributed by atoms with Gasteiger partial charge in [-0.15, -0.1) is 11.3 Å². The number of piperidine rings is 1. The summed E-state index contributed by atoms with van der Waals surface area (Å²) in [7, 11) is 0. The highest BCUT2D eigenvalue weighted by molar-refractivity contribution is 7.18. The van der Waals surface area contributed by atoms with E-state index < -0.39 is 17.5 Å². The molecule has 1 atom stereocenters. The van der Waals surface area contributed by atoms with Crippen LogP contribution in [-0.4, -0.2) is 52.3 Å². The number of imide groups is 1. The normalized spacial score (nSPS) is 21.9. The van der Waals surface area contributed by atoms with E-state index in [9.17, 15) is 14.4 Å². The van der Waals surface area contributed by atoms with Crippen molar-refractivity contribution in [3.8, 4) is 0 Å². The van der Waals surface area contributed by atoms with Gasteiger partial charge in [-0.1, -0.05) is 42.5 Å². The van der Waals surface area contributed by atoms with Gasteiger partial charge in [0.15, 0.2) is 0 Å². The number of nitrogens with zero attached hydrogens (tertiary/aromatic N) is 3. The first-order valence-corrected chi connectivity index (χ1v) is 11.6. The molecule has 0 radical (unpaired) electrons. The van der Waals surface area contributed by atoms with Gasteiger partial charge in [0.2, 0.25) is 5.91 Å². The molecule has 2 aliphatic heterocycles.